The number of anilines is 2. The molecule has 0 atom stereocenters. The van der Waals surface area contributed by atoms with E-state index < -0.39 is 30.3 Å². The fourth-order valence-corrected chi connectivity index (χ4v) is 4.83. The summed E-state index contributed by atoms with van der Waals surface area (Å²) < 4.78 is 4.94. The second kappa shape index (κ2) is 7.97. The van der Waals surface area contributed by atoms with E-state index in [2.05, 4.69) is 0 Å². The number of thiocarbonyl (C=S) groups is 1. The van der Waals surface area contributed by atoms with Gasteiger partial charge in [-0.2, -0.15) is 0 Å². The Hall–Kier alpha value is -3.50. The van der Waals surface area contributed by atoms with Crippen LogP contribution in [0.15, 0.2) is 53.4 Å². The van der Waals surface area contributed by atoms with Crippen LogP contribution in [0.1, 0.15) is 15.9 Å². The Kier molecular flexibility index (Phi) is 5.34. The number of ether oxygens (including phenoxy) is 1. The smallest absolute Gasteiger partial charge is 0.339 e. The summed E-state index contributed by atoms with van der Waals surface area (Å²) in [4.78, 5) is 52.3. The molecule has 4 rings (SSSR count). The Labute approximate surface area is 186 Å². The molecule has 2 heterocycles. The summed E-state index contributed by atoms with van der Waals surface area (Å²) in [6, 6.07) is 13.0. The highest BCUT2D eigenvalue weighted by molar-refractivity contribution is 8.27. The summed E-state index contributed by atoms with van der Waals surface area (Å²) in [6.07, 6.45) is 0. The highest BCUT2D eigenvalue weighted by Crippen LogP contribution is 2.45. The summed E-state index contributed by atoms with van der Waals surface area (Å²) in [5, 5.41) is 9.20. The van der Waals surface area contributed by atoms with E-state index in [0.29, 0.717) is 11.3 Å². The number of rotatable bonds is 4. The van der Waals surface area contributed by atoms with E-state index in [9.17, 15) is 24.3 Å². The minimum Gasteiger partial charge on any atom is -0.480 e. The van der Waals surface area contributed by atoms with Crippen molar-refractivity contribution in [2.75, 3.05) is 23.5 Å². The molecule has 8 nitrogen and oxygen atoms in total. The molecule has 0 aliphatic carbocycles. The lowest BCUT2D eigenvalue weighted by Crippen LogP contribution is -2.33. The van der Waals surface area contributed by atoms with Gasteiger partial charge in [0, 0.05) is 5.56 Å². The third-order valence-electron chi connectivity index (χ3n) is 4.76. The van der Waals surface area contributed by atoms with Gasteiger partial charge in [-0.3, -0.25) is 24.2 Å². The maximum Gasteiger partial charge on any atom is 0.339 e. The second-order valence-corrected chi connectivity index (χ2v) is 8.17. The lowest BCUT2D eigenvalue weighted by atomic mass is 10.1. The minimum absolute atomic E-state index is 0.0787. The monoisotopic (exact) mass is 454 g/mol. The van der Waals surface area contributed by atoms with Crippen molar-refractivity contribution in [2.24, 2.45) is 0 Å². The van der Waals surface area contributed by atoms with Gasteiger partial charge in [-0.25, -0.2) is 4.79 Å². The molecular weight excluding hydrogens is 440 g/mol. The van der Waals surface area contributed by atoms with Gasteiger partial charge in [0.25, 0.3) is 11.8 Å². The third-order valence-corrected chi connectivity index (χ3v) is 6.14. The first-order valence-corrected chi connectivity index (χ1v) is 10.2. The normalized spacial score (nSPS) is 17.9. The summed E-state index contributed by atoms with van der Waals surface area (Å²) in [6.45, 7) is -0.537. The summed E-state index contributed by atoms with van der Waals surface area (Å²) >= 11 is 6.32. The number of esters is 1. The molecule has 0 saturated carbocycles. The molecule has 2 amide bonds. The van der Waals surface area contributed by atoms with Gasteiger partial charge in [0.15, 0.2) is 4.32 Å². The molecule has 1 N–H and O–H groups in total. The van der Waals surface area contributed by atoms with E-state index in [0.717, 1.165) is 16.7 Å². The zero-order valence-corrected chi connectivity index (χ0v) is 17.7. The van der Waals surface area contributed by atoms with Crippen LogP contribution in [0.25, 0.3) is 5.57 Å². The second-order valence-electron chi connectivity index (χ2n) is 6.52. The number of methoxy groups -OCH3 is 1. The largest absolute Gasteiger partial charge is 0.480 e. The Balaban J connectivity index is 1.84. The number of hydrogen-bond acceptors (Lipinski definition) is 7. The molecule has 0 spiro atoms. The Morgan fingerprint density at radius 1 is 1.03 bits per heavy atom. The van der Waals surface area contributed by atoms with E-state index in [4.69, 9.17) is 17.0 Å². The zero-order chi connectivity index (χ0) is 22.3. The molecule has 0 unspecified atom stereocenters. The minimum atomic E-state index is -1.18. The average Bonchev–Trinajstić information content (AvgIpc) is 3.19. The molecule has 1 saturated heterocycles. The topological polar surface area (TPSA) is 104 Å². The van der Waals surface area contributed by atoms with Crippen molar-refractivity contribution in [1.29, 1.82) is 0 Å². The van der Waals surface area contributed by atoms with Crippen LogP contribution in [0.2, 0.25) is 0 Å². The number of carboxylic acid groups (broad SMARTS) is 1. The summed E-state index contributed by atoms with van der Waals surface area (Å²) in [5.41, 5.74) is 1.35. The molecule has 31 heavy (non-hydrogen) atoms. The maximum absolute atomic E-state index is 13.4. The Bertz CT molecular complexity index is 1210. The predicted molar refractivity (Wildman–Crippen MR) is 119 cm³/mol. The number of thioether (sulfide) groups is 1. The molecule has 2 aromatic carbocycles. The van der Waals surface area contributed by atoms with Gasteiger partial charge in [-0.05, 0) is 18.2 Å². The van der Waals surface area contributed by atoms with E-state index in [1.54, 1.807) is 42.5 Å². The van der Waals surface area contributed by atoms with Crippen molar-refractivity contribution in [3.63, 3.8) is 0 Å². The highest BCUT2D eigenvalue weighted by Gasteiger charge is 2.43. The van der Waals surface area contributed by atoms with Gasteiger partial charge in [-0.15, -0.1) is 0 Å². The number of carbonyl (C=O) groups is 4. The van der Waals surface area contributed by atoms with E-state index in [1.807, 2.05) is 0 Å². The van der Waals surface area contributed by atoms with Crippen molar-refractivity contribution in [2.45, 2.75) is 0 Å². The summed E-state index contributed by atoms with van der Waals surface area (Å²) in [5.74, 6) is -2.97. The molecule has 0 bridgehead atoms. The van der Waals surface area contributed by atoms with E-state index in [1.165, 1.54) is 18.1 Å². The number of carboxylic acids is 1. The number of para-hydroxylation sites is 2. The van der Waals surface area contributed by atoms with Crippen LogP contribution < -0.4 is 9.80 Å². The van der Waals surface area contributed by atoms with E-state index >= 15 is 0 Å². The molecule has 2 aliphatic heterocycles. The number of amides is 2. The van der Waals surface area contributed by atoms with Crippen LogP contribution in [0.3, 0.4) is 0 Å². The summed E-state index contributed by atoms with van der Waals surface area (Å²) in [7, 11) is 1.23. The van der Waals surface area contributed by atoms with Crippen molar-refractivity contribution < 1.29 is 29.0 Å². The predicted octanol–water partition coefficient (Wildman–Crippen LogP) is 2.68. The standard InChI is InChI=1S/C21H14N2O6S2/c1-29-20(28)12-7-3-5-9-14(12)23-19(27)17(31-21(23)30)16-11-6-2-4-8-13(11)22(18(16)26)10-15(24)25/h2-9H,10H2,1H3,(H,24,25)/b17-16-. The number of nitrogens with zero attached hydrogens (tertiary/aromatic N) is 2. The zero-order valence-electron chi connectivity index (χ0n) is 16.0. The highest BCUT2D eigenvalue weighted by atomic mass is 32.2. The van der Waals surface area contributed by atoms with Crippen molar-refractivity contribution >= 4 is 69.0 Å². The molecule has 0 radical (unpaired) electrons. The number of aliphatic carboxylic acids is 1. The van der Waals surface area contributed by atoms with Crippen molar-refractivity contribution in [1.82, 2.24) is 0 Å². The molecule has 2 aromatic rings. The van der Waals surface area contributed by atoms with Gasteiger partial charge < -0.3 is 9.84 Å². The maximum atomic E-state index is 13.4. The van der Waals surface area contributed by atoms with Crippen LogP contribution in [-0.4, -0.2) is 46.8 Å². The molecule has 156 valence electrons. The van der Waals surface area contributed by atoms with Crippen LogP contribution >= 0.6 is 24.0 Å². The lowest BCUT2D eigenvalue weighted by molar-refractivity contribution is -0.136. The molecule has 0 aromatic heterocycles. The van der Waals surface area contributed by atoms with Crippen LogP contribution in [0.4, 0.5) is 11.4 Å². The number of benzene rings is 2. The van der Waals surface area contributed by atoms with Crippen molar-refractivity contribution in [3.8, 4) is 0 Å². The van der Waals surface area contributed by atoms with Gasteiger partial charge in [0.05, 0.1) is 34.5 Å². The number of carbonyl (C=O) groups excluding carboxylic acids is 3. The fourth-order valence-electron chi connectivity index (χ4n) is 3.47. The first-order chi connectivity index (χ1) is 14.8. The quantitative estimate of drug-likeness (QED) is 0.427. The Morgan fingerprint density at radius 2 is 1.68 bits per heavy atom. The molecular formula is C21H14N2O6S2. The Morgan fingerprint density at radius 3 is 2.35 bits per heavy atom. The van der Waals surface area contributed by atoms with Gasteiger partial charge in [-0.1, -0.05) is 54.3 Å². The van der Waals surface area contributed by atoms with Crippen LogP contribution in [0, 0.1) is 0 Å². The van der Waals surface area contributed by atoms with Gasteiger partial charge >= 0.3 is 11.9 Å². The average molecular weight is 454 g/mol. The first kappa shape index (κ1) is 20.8. The lowest BCUT2D eigenvalue weighted by Gasteiger charge is -2.17. The number of hydrogen-bond donors (Lipinski definition) is 1. The number of fused-ring (bicyclic) bond motifs is 1. The van der Waals surface area contributed by atoms with Gasteiger partial charge in [0.1, 0.15) is 6.54 Å². The first-order valence-electron chi connectivity index (χ1n) is 8.96. The van der Waals surface area contributed by atoms with Gasteiger partial charge in [0.2, 0.25) is 0 Å². The molecule has 1 fully saturated rings. The molecule has 10 heteroatoms. The SMILES string of the molecule is COC(=O)c1ccccc1N1C(=O)/C(=C2/C(=O)N(CC(=O)O)c3ccccc32)SC1=S. The van der Waals surface area contributed by atoms with Crippen LogP contribution in [0.5, 0.6) is 0 Å². The molecule has 2 aliphatic rings. The fraction of sp³-hybridized carbons (Fsp3) is 0.0952. The van der Waals surface area contributed by atoms with Crippen molar-refractivity contribution in [3.05, 3.63) is 64.6 Å². The van der Waals surface area contributed by atoms with Crippen LogP contribution in [-0.2, 0) is 19.1 Å². The third kappa shape index (κ3) is 3.39. The van der Waals surface area contributed by atoms with E-state index in [-0.39, 0.29) is 26.0 Å².